The molecule has 0 saturated carbocycles. The molecular formula is C11H9ClN4S. The van der Waals surface area contributed by atoms with Crippen molar-refractivity contribution >= 4 is 29.2 Å². The molecule has 4 nitrogen and oxygen atoms in total. The van der Waals surface area contributed by atoms with Gasteiger partial charge in [0.25, 0.3) is 0 Å². The Kier molecular flexibility index (Phi) is 3.57. The minimum Gasteiger partial charge on any atom is -0.383 e. The number of halogens is 1. The summed E-state index contributed by atoms with van der Waals surface area (Å²) in [5.74, 6) is 0.506. The maximum Gasteiger partial charge on any atom is 0.138 e. The summed E-state index contributed by atoms with van der Waals surface area (Å²) in [6, 6.07) is 7.48. The van der Waals surface area contributed by atoms with Crippen molar-refractivity contribution in [2.75, 3.05) is 5.73 Å². The summed E-state index contributed by atoms with van der Waals surface area (Å²) in [4.78, 5) is 0.682. The number of nitrogen functional groups attached to an aromatic ring is 1. The van der Waals surface area contributed by atoms with Crippen molar-refractivity contribution in [3.05, 3.63) is 41.0 Å². The number of nitrogens with two attached hydrogens (primary N) is 1. The molecule has 0 amide bonds. The van der Waals surface area contributed by atoms with Gasteiger partial charge < -0.3 is 5.73 Å². The molecule has 2 rings (SSSR count). The number of hydrogen-bond donors (Lipinski definition) is 1. The van der Waals surface area contributed by atoms with Crippen LogP contribution >= 0.6 is 23.4 Å². The van der Waals surface area contributed by atoms with E-state index in [4.69, 9.17) is 22.6 Å². The van der Waals surface area contributed by atoms with Crippen LogP contribution in [0.4, 0.5) is 5.82 Å². The highest BCUT2D eigenvalue weighted by Gasteiger charge is 2.08. The smallest absolute Gasteiger partial charge is 0.138 e. The van der Waals surface area contributed by atoms with E-state index in [0.29, 0.717) is 22.3 Å². The molecule has 0 radical (unpaired) electrons. The summed E-state index contributed by atoms with van der Waals surface area (Å²) < 4.78 is 1.66. The summed E-state index contributed by atoms with van der Waals surface area (Å²) in [7, 11) is 0. The second-order valence-corrected chi connectivity index (χ2v) is 4.63. The molecule has 1 aromatic heterocycles. The molecule has 0 aliphatic rings. The molecule has 2 N–H and O–H groups in total. The lowest BCUT2D eigenvalue weighted by atomic mass is 10.2. The highest BCUT2D eigenvalue weighted by molar-refractivity contribution is 8.03. The van der Waals surface area contributed by atoms with Crippen molar-refractivity contribution in [1.29, 1.82) is 5.26 Å². The van der Waals surface area contributed by atoms with E-state index >= 15 is 0 Å². The molecule has 0 fully saturated rings. The van der Waals surface area contributed by atoms with Gasteiger partial charge in [0.1, 0.15) is 11.2 Å². The first kappa shape index (κ1) is 11.8. The largest absolute Gasteiger partial charge is 0.383 e. The van der Waals surface area contributed by atoms with Crippen molar-refractivity contribution in [1.82, 2.24) is 9.78 Å². The zero-order valence-corrected chi connectivity index (χ0v) is 10.4. The first-order chi connectivity index (χ1) is 8.20. The Hall–Kier alpha value is -1.64. The molecule has 17 heavy (non-hydrogen) atoms. The van der Waals surface area contributed by atoms with Gasteiger partial charge in [-0.15, -0.1) is 0 Å². The van der Waals surface area contributed by atoms with E-state index < -0.39 is 0 Å². The number of hydrogen-bond acceptors (Lipinski definition) is 4. The number of thiocyanates is 1. The van der Waals surface area contributed by atoms with E-state index in [-0.39, 0.29) is 0 Å². The normalized spacial score (nSPS) is 10.1. The van der Waals surface area contributed by atoms with Crippen LogP contribution in [0.25, 0.3) is 0 Å². The van der Waals surface area contributed by atoms with E-state index in [2.05, 4.69) is 5.10 Å². The average Bonchev–Trinajstić information content (AvgIpc) is 2.65. The number of thioether (sulfide) groups is 1. The average molecular weight is 265 g/mol. The molecule has 0 atom stereocenters. The molecule has 0 saturated heterocycles. The quantitative estimate of drug-likeness (QED) is 0.684. The molecule has 0 bridgehead atoms. The maximum atomic E-state index is 8.58. The highest BCUT2D eigenvalue weighted by Crippen LogP contribution is 2.24. The fraction of sp³-hybridized carbons (Fsp3) is 0.0909. The zero-order chi connectivity index (χ0) is 12.3. The number of nitriles is 1. The molecule has 1 aromatic carbocycles. The Morgan fingerprint density at radius 3 is 2.76 bits per heavy atom. The third kappa shape index (κ3) is 2.73. The van der Waals surface area contributed by atoms with Crippen LogP contribution in [0.15, 0.2) is 35.4 Å². The number of nitrogens with zero attached hydrogens (tertiary/aromatic N) is 3. The van der Waals surface area contributed by atoms with Gasteiger partial charge in [0.15, 0.2) is 0 Å². The number of rotatable bonds is 3. The Labute approximate surface area is 108 Å². The van der Waals surface area contributed by atoms with Crippen LogP contribution in [0.3, 0.4) is 0 Å². The lowest BCUT2D eigenvalue weighted by Crippen LogP contribution is -2.05. The van der Waals surface area contributed by atoms with Gasteiger partial charge >= 0.3 is 0 Å². The first-order valence-electron chi connectivity index (χ1n) is 4.82. The third-order valence-corrected chi connectivity index (χ3v) is 3.12. The van der Waals surface area contributed by atoms with Gasteiger partial charge in [0.2, 0.25) is 0 Å². The molecule has 0 unspecified atom stereocenters. The van der Waals surface area contributed by atoms with Crippen LogP contribution in [0.2, 0.25) is 5.02 Å². The number of anilines is 1. The minimum absolute atomic E-state index is 0.506. The first-order valence-corrected chi connectivity index (χ1v) is 6.02. The van der Waals surface area contributed by atoms with E-state index in [9.17, 15) is 0 Å². The van der Waals surface area contributed by atoms with E-state index in [0.717, 1.165) is 17.3 Å². The van der Waals surface area contributed by atoms with E-state index in [1.807, 2.05) is 29.7 Å². The summed E-state index contributed by atoms with van der Waals surface area (Å²) in [6.45, 7) is 0.564. The topological polar surface area (TPSA) is 67.6 Å². The van der Waals surface area contributed by atoms with Crippen molar-refractivity contribution < 1.29 is 0 Å². The SMILES string of the molecule is N#CSc1cnn(Cc2ccc(Cl)cc2)c1N. The standard InChI is InChI=1S/C11H9ClN4S/c12-9-3-1-8(2-4-9)6-16-11(14)10(5-15-16)17-7-13/h1-5H,6,14H2. The van der Waals surface area contributed by atoms with Gasteiger partial charge in [-0.2, -0.15) is 10.4 Å². The molecule has 6 heteroatoms. The minimum atomic E-state index is 0.506. The van der Waals surface area contributed by atoms with Crippen LogP contribution < -0.4 is 5.73 Å². The van der Waals surface area contributed by atoms with Gasteiger partial charge in [-0.1, -0.05) is 23.7 Å². The number of aromatic nitrogens is 2. The van der Waals surface area contributed by atoms with Crippen LogP contribution in [0.5, 0.6) is 0 Å². The maximum absolute atomic E-state index is 8.58. The van der Waals surface area contributed by atoms with Crippen molar-refractivity contribution in [2.45, 2.75) is 11.4 Å². The van der Waals surface area contributed by atoms with E-state index in [1.54, 1.807) is 10.9 Å². The van der Waals surface area contributed by atoms with Crippen molar-refractivity contribution in [3.8, 4) is 5.40 Å². The van der Waals surface area contributed by atoms with Gasteiger partial charge in [0, 0.05) is 5.02 Å². The van der Waals surface area contributed by atoms with Gasteiger partial charge in [-0.3, -0.25) is 0 Å². The summed E-state index contributed by atoms with van der Waals surface area (Å²) in [6.07, 6.45) is 1.60. The van der Waals surface area contributed by atoms with Crippen LogP contribution in [0.1, 0.15) is 5.56 Å². The second kappa shape index (κ2) is 5.13. The molecule has 1 heterocycles. The fourth-order valence-electron chi connectivity index (χ4n) is 1.39. The van der Waals surface area contributed by atoms with Gasteiger partial charge in [0.05, 0.1) is 17.6 Å². The molecule has 0 aliphatic carbocycles. The zero-order valence-electron chi connectivity index (χ0n) is 8.80. The summed E-state index contributed by atoms with van der Waals surface area (Å²) in [5, 5.41) is 15.4. The summed E-state index contributed by atoms with van der Waals surface area (Å²) >= 11 is 6.82. The van der Waals surface area contributed by atoms with Crippen molar-refractivity contribution in [2.24, 2.45) is 0 Å². The van der Waals surface area contributed by atoms with Gasteiger partial charge in [-0.25, -0.2) is 4.68 Å². The molecule has 86 valence electrons. The Morgan fingerprint density at radius 1 is 1.41 bits per heavy atom. The monoisotopic (exact) mass is 264 g/mol. The number of benzene rings is 1. The molecule has 0 aliphatic heterocycles. The van der Waals surface area contributed by atoms with E-state index in [1.165, 1.54) is 0 Å². The van der Waals surface area contributed by atoms with Crippen LogP contribution in [-0.2, 0) is 6.54 Å². The Morgan fingerprint density at radius 2 is 2.12 bits per heavy atom. The van der Waals surface area contributed by atoms with Crippen LogP contribution in [-0.4, -0.2) is 9.78 Å². The highest BCUT2D eigenvalue weighted by atomic mass is 35.5. The summed E-state index contributed by atoms with van der Waals surface area (Å²) in [5.41, 5.74) is 6.92. The van der Waals surface area contributed by atoms with Crippen molar-refractivity contribution in [3.63, 3.8) is 0 Å². The molecule has 0 spiro atoms. The molecular weight excluding hydrogens is 256 g/mol. The predicted octanol–water partition coefficient (Wildman–Crippen LogP) is 2.74. The van der Waals surface area contributed by atoms with Crippen LogP contribution in [0, 0.1) is 10.7 Å². The lowest BCUT2D eigenvalue weighted by molar-refractivity contribution is 0.696. The Balaban J connectivity index is 2.19. The third-order valence-electron chi connectivity index (χ3n) is 2.25. The lowest BCUT2D eigenvalue weighted by Gasteiger charge is -2.04. The predicted molar refractivity (Wildman–Crippen MR) is 68.7 cm³/mol. The Bertz CT molecular complexity index is 556. The van der Waals surface area contributed by atoms with Gasteiger partial charge in [-0.05, 0) is 29.5 Å². The second-order valence-electron chi connectivity index (χ2n) is 3.37. The fourth-order valence-corrected chi connectivity index (χ4v) is 1.93. The molecule has 2 aromatic rings.